The van der Waals surface area contributed by atoms with Gasteiger partial charge in [-0.1, -0.05) is 6.07 Å². The van der Waals surface area contributed by atoms with Gasteiger partial charge in [0.2, 0.25) is 0 Å². The van der Waals surface area contributed by atoms with Gasteiger partial charge in [-0.05, 0) is 42.9 Å². The predicted molar refractivity (Wildman–Crippen MR) is 55.5 cm³/mol. The first kappa shape index (κ1) is 8.30. The Labute approximate surface area is 84.1 Å². The molecule has 2 heteroatoms. The summed E-state index contributed by atoms with van der Waals surface area (Å²) < 4.78 is 5.55. The van der Waals surface area contributed by atoms with Crippen molar-refractivity contribution in [2.45, 2.75) is 31.7 Å². The average Bonchev–Trinajstić information content (AvgIpc) is 2.57. The molecule has 0 unspecified atom stereocenters. The predicted octanol–water partition coefficient (Wildman–Crippen LogP) is 1.96. The monoisotopic (exact) mass is 189 g/mol. The van der Waals surface area contributed by atoms with Crippen molar-refractivity contribution in [1.82, 2.24) is 0 Å². The topological polar surface area (TPSA) is 35.2 Å². The molecule has 0 saturated heterocycles. The summed E-state index contributed by atoms with van der Waals surface area (Å²) >= 11 is 0. The summed E-state index contributed by atoms with van der Waals surface area (Å²) in [7, 11) is 0. The van der Waals surface area contributed by atoms with E-state index in [4.69, 9.17) is 10.5 Å². The molecule has 0 amide bonds. The van der Waals surface area contributed by atoms with Gasteiger partial charge in [-0.15, -0.1) is 0 Å². The molecule has 74 valence electrons. The van der Waals surface area contributed by atoms with Crippen LogP contribution in [0, 0.1) is 0 Å². The lowest BCUT2D eigenvalue weighted by molar-refractivity contribution is 0.333. The molecule has 2 nitrogen and oxygen atoms in total. The van der Waals surface area contributed by atoms with E-state index in [0.717, 1.165) is 5.75 Å². The fourth-order valence-corrected chi connectivity index (χ4v) is 2.47. The largest absolute Gasteiger partial charge is 0.491 e. The number of nitrogens with two attached hydrogens (primary N) is 1. The number of aryl methyl sites for hydroxylation is 2. The summed E-state index contributed by atoms with van der Waals surface area (Å²) in [4.78, 5) is 0. The van der Waals surface area contributed by atoms with Crippen LogP contribution >= 0.6 is 0 Å². The minimum atomic E-state index is 0.0947. The first-order chi connectivity index (χ1) is 6.84. The van der Waals surface area contributed by atoms with Gasteiger partial charge < -0.3 is 10.5 Å². The van der Waals surface area contributed by atoms with Crippen LogP contribution in [0.3, 0.4) is 0 Å². The van der Waals surface area contributed by atoms with Crippen molar-refractivity contribution >= 4 is 0 Å². The van der Waals surface area contributed by atoms with Crippen LogP contribution in [0.5, 0.6) is 5.75 Å². The van der Waals surface area contributed by atoms with Crippen LogP contribution in [0.1, 0.15) is 35.6 Å². The van der Waals surface area contributed by atoms with E-state index in [2.05, 4.69) is 12.1 Å². The molecule has 0 fully saturated rings. The quantitative estimate of drug-likeness (QED) is 0.677. The number of benzene rings is 1. The molecule has 2 N–H and O–H groups in total. The Hall–Kier alpha value is -1.02. The van der Waals surface area contributed by atoms with Gasteiger partial charge in [0, 0.05) is 5.56 Å². The molecule has 2 aliphatic rings. The van der Waals surface area contributed by atoms with Crippen LogP contribution in [0.25, 0.3) is 0 Å². The molecule has 0 spiro atoms. The Kier molecular flexibility index (Phi) is 1.77. The zero-order chi connectivity index (χ0) is 9.54. The highest BCUT2D eigenvalue weighted by molar-refractivity contribution is 5.47. The molecule has 1 atom stereocenters. The molecule has 1 aromatic carbocycles. The first-order valence-electron chi connectivity index (χ1n) is 5.38. The summed E-state index contributed by atoms with van der Waals surface area (Å²) in [5.74, 6) is 1.03. The summed E-state index contributed by atoms with van der Waals surface area (Å²) in [6.45, 7) is 0.651. The van der Waals surface area contributed by atoms with Gasteiger partial charge in [-0.2, -0.15) is 0 Å². The van der Waals surface area contributed by atoms with Crippen LogP contribution in [0.4, 0.5) is 0 Å². The second kappa shape index (κ2) is 2.99. The molecule has 14 heavy (non-hydrogen) atoms. The highest BCUT2D eigenvalue weighted by atomic mass is 16.5. The lowest BCUT2D eigenvalue weighted by Gasteiger charge is -2.17. The maximum absolute atomic E-state index is 5.95. The van der Waals surface area contributed by atoms with E-state index in [1.165, 1.54) is 42.4 Å². The Bertz CT molecular complexity index is 372. The third-order valence-corrected chi connectivity index (χ3v) is 3.29. The van der Waals surface area contributed by atoms with Gasteiger partial charge in [0.1, 0.15) is 12.4 Å². The van der Waals surface area contributed by atoms with E-state index in [0.29, 0.717) is 6.61 Å². The highest BCUT2D eigenvalue weighted by Gasteiger charge is 2.23. The normalized spacial score (nSPS) is 23.9. The second-order valence-electron chi connectivity index (χ2n) is 4.28. The minimum Gasteiger partial charge on any atom is -0.491 e. The SMILES string of the molecule is N[C@@H]1COc2cc3c(cc21)CCCC3. The molecule has 0 saturated carbocycles. The van der Waals surface area contributed by atoms with E-state index in [-0.39, 0.29) is 6.04 Å². The highest BCUT2D eigenvalue weighted by Crippen LogP contribution is 2.35. The maximum atomic E-state index is 5.95. The van der Waals surface area contributed by atoms with Crippen molar-refractivity contribution in [2.24, 2.45) is 5.73 Å². The van der Waals surface area contributed by atoms with E-state index in [1.807, 2.05) is 0 Å². The van der Waals surface area contributed by atoms with Crippen molar-refractivity contribution in [3.63, 3.8) is 0 Å². The molecular formula is C12H15NO. The number of ether oxygens (including phenoxy) is 1. The van der Waals surface area contributed by atoms with E-state index in [1.54, 1.807) is 0 Å². The van der Waals surface area contributed by atoms with E-state index < -0.39 is 0 Å². The Morgan fingerprint density at radius 2 is 1.86 bits per heavy atom. The molecule has 0 radical (unpaired) electrons. The lowest BCUT2D eigenvalue weighted by atomic mass is 9.89. The molecule has 0 aromatic heterocycles. The van der Waals surface area contributed by atoms with Crippen molar-refractivity contribution in [3.8, 4) is 5.75 Å². The summed E-state index contributed by atoms with van der Waals surface area (Å²) in [6, 6.07) is 4.57. The Balaban J connectivity index is 2.11. The molecule has 0 bridgehead atoms. The average molecular weight is 189 g/mol. The van der Waals surface area contributed by atoms with Crippen molar-refractivity contribution in [2.75, 3.05) is 6.61 Å². The third kappa shape index (κ3) is 1.14. The van der Waals surface area contributed by atoms with Crippen LogP contribution in [0.15, 0.2) is 12.1 Å². The minimum absolute atomic E-state index is 0.0947. The summed E-state index contributed by atoms with van der Waals surface area (Å²) in [6.07, 6.45) is 5.07. The van der Waals surface area contributed by atoms with Gasteiger partial charge in [0.05, 0.1) is 6.04 Å². The van der Waals surface area contributed by atoms with Crippen molar-refractivity contribution in [3.05, 3.63) is 28.8 Å². The molecule has 3 rings (SSSR count). The summed E-state index contributed by atoms with van der Waals surface area (Å²) in [5, 5.41) is 0. The number of fused-ring (bicyclic) bond motifs is 2. The summed E-state index contributed by atoms with van der Waals surface area (Å²) in [5.41, 5.74) is 10.1. The molecule has 1 heterocycles. The molecule has 1 aromatic rings. The van der Waals surface area contributed by atoms with E-state index >= 15 is 0 Å². The van der Waals surface area contributed by atoms with Crippen LogP contribution in [-0.2, 0) is 12.8 Å². The Morgan fingerprint density at radius 1 is 1.14 bits per heavy atom. The van der Waals surface area contributed by atoms with Crippen LogP contribution in [-0.4, -0.2) is 6.61 Å². The second-order valence-corrected chi connectivity index (χ2v) is 4.28. The van der Waals surface area contributed by atoms with Gasteiger partial charge >= 0.3 is 0 Å². The zero-order valence-electron chi connectivity index (χ0n) is 8.25. The standard InChI is InChI=1S/C12H15NO/c13-11-7-14-12-6-9-4-2-1-3-8(9)5-10(11)12/h5-6,11H,1-4,7,13H2/t11-/m1/s1. The maximum Gasteiger partial charge on any atom is 0.124 e. The Morgan fingerprint density at radius 3 is 2.64 bits per heavy atom. The van der Waals surface area contributed by atoms with Gasteiger partial charge in [-0.25, -0.2) is 0 Å². The van der Waals surface area contributed by atoms with Crippen molar-refractivity contribution < 1.29 is 4.74 Å². The lowest BCUT2D eigenvalue weighted by Crippen LogP contribution is -2.11. The molecular weight excluding hydrogens is 174 g/mol. The fourth-order valence-electron chi connectivity index (χ4n) is 2.47. The van der Waals surface area contributed by atoms with Gasteiger partial charge in [0.15, 0.2) is 0 Å². The third-order valence-electron chi connectivity index (χ3n) is 3.29. The smallest absolute Gasteiger partial charge is 0.124 e. The number of rotatable bonds is 0. The van der Waals surface area contributed by atoms with Crippen LogP contribution in [0.2, 0.25) is 0 Å². The van der Waals surface area contributed by atoms with Crippen molar-refractivity contribution in [1.29, 1.82) is 0 Å². The molecule has 1 aliphatic heterocycles. The van der Waals surface area contributed by atoms with Gasteiger partial charge in [0.25, 0.3) is 0 Å². The molecule has 1 aliphatic carbocycles. The van der Waals surface area contributed by atoms with E-state index in [9.17, 15) is 0 Å². The zero-order valence-corrected chi connectivity index (χ0v) is 8.25. The number of hydrogen-bond donors (Lipinski definition) is 1. The fraction of sp³-hybridized carbons (Fsp3) is 0.500. The first-order valence-corrected chi connectivity index (χ1v) is 5.38. The van der Waals surface area contributed by atoms with Gasteiger partial charge in [-0.3, -0.25) is 0 Å². The number of hydrogen-bond acceptors (Lipinski definition) is 2. The van der Waals surface area contributed by atoms with Crippen LogP contribution < -0.4 is 10.5 Å².